The Hall–Kier alpha value is -2.58. The van der Waals surface area contributed by atoms with Gasteiger partial charge in [0.2, 0.25) is 21.8 Å². The molecule has 0 aliphatic rings. The highest BCUT2D eigenvalue weighted by Crippen LogP contribution is 2.23. The zero-order valence-electron chi connectivity index (χ0n) is 19.5. The Balaban J connectivity index is 2.18. The van der Waals surface area contributed by atoms with Crippen LogP contribution in [0.3, 0.4) is 0 Å². The third-order valence-corrected chi connectivity index (χ3v) is 6.78. The molecule has 1 N–H and O–H groups in total. The second-order valence-corrected chi connectivity index (χ2v) is 10.3. The van der Waals surface area contributed by atoms with Gasteiger partial charge in [0.25, 0.3) is 0 Å². The van der Waals surface area contributed by atoms with E-state index in [0.717, 1.165) is 17.4 Å². The number of carbonyl (C=O) groups is 2. The van der Waals surface area contributed by atoms with Crippen LogP contribution in [0, 0.1) is 6.92 Å². The average Bonchev–Trinajstić information content (AvgIpc) is 2.76. The van der Waals surface area contributed by atoms with Crippen molar-refractivity contribution in [3.8, 4) is 0 Å². The number of carbonyl (C=O) groups excluding carboxylic acids is 2. The van der Waals surface area contributed by atoms with Crippen LogP contribution in [0.25, 0.3) is 0 Å². The number of amides is 2. The maximum atomic E-state index is 13.2. The Morgan fingerprint density at radius 1 is 1.12 bits per heavy atom. The molecule has 2 aromatic carbocycles. The van der Waals surface area contributed by atoms with E-state index in [1.165, 1.54) is 4.31 Å². The van der Waals surface area contributed by atoms with E-state index in [2.05, 4.69) is 5.32 Å². The molecular formula is C24H32ClN3O4S. The van der Waals surface area contributed by atoms with E-state index in [1.807, 2.05) is 38.1 Å². The van der Waals surface area contributed by atoms with E-state index >= 15 is 0 Å². The van der Waals surface area contributed by atoms with Crippen molar-refractivity contribution in [2.45, 2.75) is 45.7 Å². The lowest BCUT2D eigenvalue weighted by Crippen LogP contribution is -2.48. The Morgan fingerprint density at radius 2 is 1.79 bits per heavy atom. The van der Waals surface area contributed by atoms with E-state index in [4.69, 9.17) is 11.6 Å². The summed E-state index contributed by atoms with van der Waals surface area (Å²) in [7, 11) is -2.01. The molecule has 0 bridgehead atoms. The minimum atomic E-state index is -3.56. The van der Waals surface area contributed by atoms with Gasteiger partial charge in [-0.2, -0.15) is 0 Å². The molecule has 0 spiro atoms. The maximum absolute atomic E-state index is 13.2. The van der Waals surface area contributed by atoms with E-state index < -0.39 is 16.1 Å². The first-order valence-corrected chi connectivity index (χ1v) is 13.1. The first-order chi connectivity index (χ1) is 15.6. The topological polar surface area (TPSA) is 86.8 Å². The predicted octanol–water partition coefficient (Wildman–Crippen LogP) is 3.75. The summed E-state index contributed by atoms with van der Waals surface area (Å²) in [4.78, 5) is 27.2. The van der Waals surface area contributed by atoms with E-state index in [1.54, 1.807) is 36.2 Å². The molecule has 2 aromatic rings. The quantitative estimate of drug-likeness (QED) is 0.516. The van der Waals surface area contributed by atoms with Gasteiger partial charge in [0.1, 0.15) is 6.04 Å². The second-order valence-electron chi connectivity index (χ2n) is 7.96. The van der Waals surface area contributed by atoms with Gasteiger partial charge in [-0.3, -0.25) is 13.9 Å². The summed E-state index contributed by atoms with van der Waals surface area (Å²) in [5, 5.41) is 3.06. The Labute approximate surface area is 201 Å². The first kappa shape index (κ1) is 26.7. The van der Waals surface area contributed by atoms with E-state index in [-0.39, 0.29) is 24.8 Å². The molecule has 0 aromatic heterocycles. The number of anilines is 1. The van der Waals surface area contributed by atoms with Crippen LogP contribution in [0.1, 0.15) is 37.3 Å². The van der Waals surface area contributed by atoms with Crippen LogP contribution < -0.4 is 9.62 Å². The Morgan fingerprint density at radius 3 is 2.33 bits per heavy atom. The van der Waals surface area contributed by atoms with Crippen LogP contribution in [-0.2, 0) is 26.2 Å². The largest absolute Gasteiger partial charge is 0.357 e. The monoisotopic (exact) mass is 493 g/mol. The molecule has 0 aliphatic carbocycles. The number of likely N-dealkylation sites (N-methyl/N-ethyl adjacent to an activating group) is 1. The highest BCUT2D eigenvalue weighted by Gasteiger charge is 2.28. The normalized spacial score (nSPS) is 12.2. The number of benzene rings is 2. The highest BCUT2D eigenvalue weighted by atomic mass is 35.5. The SMILES string of the molecule is CC[C@@H](C(=O)NC)N(Cc1ccc(C)cc1)C(=O)CCCN(c1cccc(Cl)c1)S(C)(=O)=O. The molecule has 1 atom stereocenters. The zero-order chi connectivity index (χ0) is 24.6. The summed E-state index contributed by atoms with van der Waals surface area (Å²) < 4.78 is 25.9. The van der Waals surface area contributed by atoms with Crippen LogP contribution in [0.5, 0.6) is 0 Å². The molecule has 33 heavy (non-hydrogen) atoms. The predicted molar refractivity (Wildman–Crippen MR) is 133 cm³/mol. The summed E-state index contributed by atoms with van der Waals surface area (Å²) in [6.45, 7) is 4.27. The molecule has 7 nitrogen and oxygen atoms in total. The lowest BCUT2D eigenvalue weighted by atomic mass is 10.1. The van der Waals surface area contributed by atoms with Crippen LogP contribution >= 0.6 is 11.6 Å². The summed E-state index contributed by atoms with van der Waals surface area (Å²) >= 11 is 6.03. The van der Waals surface area contributed by atoms with Crippen molar-refractivity contribution in [2.24, 2.45) is 0 Å². The third kappa shape index (κ3) is 7.75. The van der Waals surface area contributed by atoms with Gasteiger partial charge >= 0.3 is 0 Å². The molecule has 2 rings (SSSR count). The smallest absolute Gasteiger partial charge is 0.242 e. The van der Waals surface area contributed by atoms with Gasteiger partial charge in [0.15, 0.2) is 0 Å². The van der Waals surface area contributed by atoms with Crippen molar-refractivity contribution >= 4 is 39.1 Å². The molecule has 0 unspecified atom stereocenters. The van der Waals surface area contributed by atoms with Gasteiger partial charge in [-0.05, 0) is 43.5 Å². The van der Waals surface area contributed by atoms with Crippen molar-refractivity contribution in [1.29, 1.82) is 0 Å². The van der Waals surface area contributed by atoms with Gasteiger partial charge in [-0.25, -0.2) is 8.42 Å². The van der Waals surface area contributed by atoms with Crippen molar-refractivity contribution in [3.05, 3.63) is 64.7 Å². The number of hydrogen-bond acceptors (Lipinski definition) is 4. The summed E-state index contributed by atoms with van der Waals surface area (Å²) in [5.74, 6) is -0.430. The molecule has 0 saturated carbocycles. The fourth-order valence-corrected chi connectivity index (χ4v) is 4.75. The molecule has 0 aliphatic heterocycles. The van der Waals surface area contributed by atoms with E-state index in [9.17, 15) is 18.0 Å². The van der Waals surface area contributed by atoms with Crippen molar-refractivity contribution in [3.63, 3.8) is 0 Å². The highest BCUT2D eigenvalue weighted by molar-refractivity contribution is 7.92. The fraction of sp³-hybridized carbons (Fsp3) is 0.417. The van der Waals surface area contributed by atoms with Crippen LogP contribution in [0.15, 0.2) is 48.5 Å². The molecule has 0 radical (unpaired) electrons. The summed E-state index contributed by atoms with van der Waals surface area (Å²) in [6.07, 6.45) is 1.99. The van der Waals surface area contributed by atoms with Gasteiger partial charge in [0, 0.05) is 31.6 Å². The van der Waals surface area contributed by atoms with Crippen LogP contribution in [0.2, 0.25) is 5.02 Å². The Kier molecular flexibility index (Phi) is 9.73. The van der Waals surface area contributed by atoms with Gasteiger partial charge in [-0.15, -0.1) is 0 Å². The lowest BCUT2D eigenvalue weighted by molar-refractivity contribution is -0.141. The minimum absolute atomic E-state index is 0.103. The van der Waals surface area contributed by atoms with Crippen LogP contribution in [-0.4, -0.2) is 51.0 Å². The maximum Gasteiger partial charge on any atom is 0.242 e. The zero-order valence-corrected chi connectivity index (χ0v) is 21.1. The average molecular weight is 494 g/mol. The Bertz CT molecular complexity index is 1060. The molecule has 2 amide bonds. The van der Waals surface area contributed by atoms with Crippen molar-refractivity contribution in [2.75, 3.05) is 24.2 Å². The van der Waals surface area contributed by atoms with Crippen LogP contribution in [0.4, 0.5) is 5.69 Å². The van der Waals surface area contributed by atoms with Crippen molar-refractivity contribution in [1.82, 2.24) is 10.2 Å². The third-order valence-electron chi connectivity index (χ3n) is 5.35. The second kappa shape index (κ2) is 12.0. The number of nitrogens with zero attached hydrogens (tertiary/aromatic N) is 2. The molecule has 0 fully saturated rings. The number of aryl methyl sites for hydroxylation is 1. The molecule has 9 heteroatoms. The number of hydrogen-bond donors (Lipinski definition) is 1. The minimum Gasteiger partial charge on any atom is -0.357 e. The van der Waals surface area contributed by atoms with Gasteiger partial charge < -0.3 is 10.2 Å². The van der Waals surface area contributed by atoms with E-state index in [0.29, 0.717) is 30.1 Å². The first-order valence-electron chi connectivity index (χ1n) is 10.9. The number of nitrogens with one attached hydrogen (secondary N) is 1. The number of sulfonamides is 1. The summed E-state index contributed by atoms with van der Waals surface area (Å²) in [6, 6.07) is 13.8. The molecule has 0 heterocycles. The lowest BCUT2D eigenvalue weighted by Gasteiger charge is -2.31. The standard InChI is InChI=1S/C24H32ClN3O4S/c1-5-22(24(30)26-3)27(17-19-13-11-18(2)12-14-19)23(29)10-7-15-28(33(4,31)32)21-9-6-8-20(25)16-21/h6,8-9,11-14,16,22H,5,7,10,15,17H2,1-4H3,(H,26,30)/t22-/m0/s1. The number of rotatable bonds is 11. The molecule has 180 valence electrons. The fourth-order valence-electron chi connectivity index (χ4n) is 3.61. The van der Waals surface area contributed by atoms with Gasteiger partial charge in [-0.1, -0.05) is 54.4 Å². The molecule has 0 saturated heterocycles. The summed E-state index contributed by atoms with van der Waals surface area (Å²) in [5.41, 5.74) is 2.48. The van der Waals surface area contributed by atoms with Gasteiger partial charge in [0.05, 0.1) is 11.9 Å². The van der Waals surface area contributed by atoms with Crippen molar-refractivity contribution < 1.29 is 18.0 Å². The number of halogens is 1. The molecular weight excluding hydrogens is 462 g/mol.